The van der Waals surface area contributed by atoms with Crippen LogP contribution in [0.25, 0.3) is 10.9 Å². The molecule has 2 aromatic rings. The minimum Gasteiger partial charge on any atom is -0.478 e. The third kappa shape index (κ3) is 4.96. The number of benzene rings is 1. The molecule has 0 radical (unpaired) electrons. The Labute approximate surface area is 140 Å². The number of aliphatic carboxylic acids is 2. The maximum atomic E-state index is 9.55. The number of fused-ring (bicyclic) bond motifs is 1. The van der Waals surface area contributed by atoms with Crippen molar-refractivity contribution in [3.8, 4) is 0 Å². The second-order valence-electron chi connectivity index (χ2n) is 5.90. The van der Waals surface area contributed by atoms with Gasteiger partial charge < -0.3 is 20.1 Å². The van der Waals surface area contributed by atoms with Crippen LogP contribution in [-0.4, -0.2) is 52.2 Å². The number of likely N-dealkylation sites (N-methyl/N-ethyl adjacent to an activating group) is 1. The minimum atomic E-state index is -1.26. The number of carboxylic acids is 2. The first-order chi connectivity index (χ1) is 11.5. The lowest BCUT2D eigenvalue weighted by atomic mass is 9.89. The molecule has 1 aromatic carbocycles. The standard InChI is InChI=1S/C14H18N2.C4H4O4/c1-16-9-3-4-11(10-16)12-5-2-6-14-13(12)7-8-15-14;5-3(6)1-2-4(7)8/h2,5-8,11,15H,3-4,9-10H2,1H3;1-2H,(H,5,6)(H,7,8)/b;2-1+. The van der Waals surface area contributed by atoms with E-state index in [1.54, 1.807) is 0 Å². The van der Waals surface area contributed by atoms with Crippen LogP contribution in [-0.2, 0) is 9.59 Å². The first-order valence-corrected chi connectivity index (χ1v) is 7.86. The molecule has 0 aliphatic carbocycles. The molecule has 0 spiro atoms. The van der Waals surface area contributed by atoms with E-state index in [0.717, 1.165) is 0 Å². The van der Waals surface area contributed by atoms with Gasteiger partial charge in [-0.25, -0.2) is 9.59 Å². The van der Waals surface area contributed by atoms with Crippen LogP contribution in [0.5, 0.6) is 0 Å². The number of nitrogens with zero attached hydrogens (tertiary/aromatic N) is 1. The minimum absolute atomic E-state index is 0.558. The molecule has 6 heteroatoms. The zero-order chi connectivity index (χ0) is 17.5. The predicted molar refractivity (Wildman–Crippen MR) is 92.2 cm³/mol. The summed E-state index contributed by atoms with van der Waals surface area (Å²) in [6, 6.07) is 8.83. The Bertz CT molecular complexity index is 719. The van der Waals surface area contributed by atoms with E-state index in [1.807, 2.05) is 6.20 Å². The summed E-state index contributed by atoms with van der Waals surface area (Å²) in [6.45, 7) is 2.45. The molecule has 3 rings (SSSR count). The highest BCUT2D eigenvalue weighted by molar-refractivity contribution is 5.89. The number of rotatable bonds is 3. The molecule has 128 valence electrons. The van der Waals surface area contributed by atoms with Crippen LogP contribution in [0.15, 0.2) is 42.6 Å². The second-order valence-corrected chi connectivity index (χ2v) is 5.90. The molecule has 1 unspecified atom stereocenters. The number of carboxylic acid groups (broad SMARTS) is 2. The number of aromatic nitrogens is 1. The van der Waals surface area contributed by atoms with Gasteiger partial charge in [-0.3, -0.25) is 0 Å². The number of aromatic amines is 1. The van der Waals surface area contributed by atoms with Gasteiger partial charge in [0.1, 0.15) is 0 Å². The molecule has 0 saturated carbocycles. The summed E-state index contributed by atoms with van der Waals surface area (Å²) < 4.78 is 0. The first kappa shape index (κ1) is 17.7. The van der Waals surface area contributed by atoms with Gasteiger partial charge in [0.15, 0.2) is 0 Å². The summed E-state index contributed by atoms with van der Waals surface area (Å²) in [7, 11) is 2.23. The smallest absolute Gasteiger partial charge is 0.328 e. The molecule has 0 bridgehead atoms. The van der Waals surface area contributed by atoms with Crippen LogP contribution in [0, 0.1) is 0 Å². The van der Waals surface area contributed by atoms with Crippen molar-refractivity contribution in [2.75, 3.05) is 20.1 Å². The van der Waals surface area contributed by atoms with Crippen LogP contribution < -0.4 is 0 Å². The molecule has 1 atom stereocenters. The molecule has 3 N–H and O–H groups in total. The van der Waals surface area contributed by atoms with Crippen LogP contribution in [0.3, 0.4) is 0 Å². The van der Waals surface area contributed by atoms with Gasteiger partial charge in [-0.15, -0.1) is 0 Å². The summed E-state index contributed by atoms with van der Waals surface area (Å²) >= 11 is 0. The Morgan fingerprint density at radius 1 is 1.21 bits per heavy atom. The van der Waals surface area contributed by atoms with E-state index in [1.165, 1.54) is 42.4 Å². The van der Waals surface area contributed by atoms with Crippen molar-refractivity contribution in [1.29, 1.82) is 0 Å². The third-order valence-corrected chi connectivity index (χ3v) is 4.06. The molecule has 24 heavy (non-hydrogen) atoms. The van der Waals surface area contributed by atoms with Crippen molar-refractivity contribution in [3.05, 3.63) is 48.2 Å². The molecular weight excluding hydrogens is 308 g/mol. The predicted octanol–water partition coefficient (Wildman–Crippen LogP) is 2.69. The Kier molecular flexibility index (Phi) is 6.14. The quantitative estimate of drug-likeness (QED) is 0.752. The summed E-state index contributed by atoms with van der Waals surface area (Å²) in [5.41, 5.74) is 2.79. The summed E-state index contributed by atoms with van der Waals surface area (Å²) in [5, 5.41) is 17.0. The van der Waals surface area contributed by atoms with E-state index in [0.29, 0.717) is 18.1 Å². The molecule has 1 fully saturated rings. The van der Waals surface area contributed by atoms with E-state index in [9.17, 15) is 9.59 Å². The monoisotopic (exact) mass is 330 g/mol. The van der Waals surface area contributed by atoms with Gasteiger partial charge in [-0.2, -0.15) is 0 Å². The van der Waals surface area contributed by atoms with Crippen LogP contribution in [0.4, 0.5) is 0 Å². The van der Waals surface area contributed by atoms with Gasteiger partial charge in [0, 0.05) is 35.8 Å². The normalized spacial score (nSPS) is 18.3. The van der Waals surface area contributed by atoms with Gasteiger partial charge in [-0.05, 0) is 50.0 Å². The van der Waals surface area contributed by atoms with E-state index >= 15 is 0 Å². The fourth-order valence-electron chi connectivity index (χ4n) is 3.03. The number of likely N-dealkylation sites (tertiary alicyclic amines) is 1. The van der Waals surface area contributed by atoms with Crippen molar-refractivity contribution in [2.24, 2.45) is 0 Å². The lowest BCUT2D eigenvalue weighted by molar-refractivity contribution is -0.134. The number of hydrogen-bond acceptors (Lipinski definition) is 3. The Morgan fingerprint density at radius 3 is 2.54 bits per heavy atom. The zero-order valence-corrected chi connectivity index (χ0v) is 13.6. The Morgan fingerprint density at radius 2 is 1.92 bits per heavy atom. The number of carbonyl (C=O) groups is 2. The molecule has 1 aromatic heterocycles. The number of piperidine rings is 1. The molecule has 2 heterocycles. The maximum Gasteiger partial charge on any atom is 0.328 e. The first-order valence-electron chi connectivity index (χ1n) is 7.86. The molecule has 6 nitrogen and oxygen atoms in total. The summed E-state index contributed by atoms with van der Waals surface area (Å²) in [4.78, 5) is 24.8. The average Bonchev–Trinajstić information content (AvgIpc) is 3.02. The maximum absolute atomic E-state index is 9.55. The highest BCUT2D eigenvalue weighted by Gasteiger charge is 2.20. The van der Waals surface area contributed by atoms with Crippen molar-refractivity contribution in [1.82, 2.24) is 9.88 Å². The molecular formula is C18H22N2O4. The SMILES string of the molecule is CN1CCCC(c2cccc3[nH]ccc23)C1.O=C(O)/C=C/C(=O)O. The van der Waals surface area contributed by atoms with E-state index in [-0.39, 0.29) is 0 Å². The lowest BCUT2D eigenvalue weighted by Gasteiger charge is -2.30. The lowest BCUT2D eigenvalue weighted by Crippen LogP contribution is -2.30. The van der Waals surface area contributed by atoms with Gasteiger partial charge in [0.05, 0.1) is 0 Å². The van der Waals surface area contributed by atoms with E-state index in [4.69, 9.17) is 10.2 Å². The fourth-order valence-corrected chi connectivity index (χ4v) is 3.03. The Hall–Kier alpha value is -2.60. The third-order valence-electron chi connectivity index (χ3n) is 4.06. The second kappa shape index (κ2) is 8.31. The molecule has 1 aliphatic rings. The molecule has 1 saturated heterocycles. The number of nitrogens with one attached hydrogen (secondary N) is 1. The van der Waals surface area contributed by atoms with Gasteiger partial charge in [-0.1, -0.05) is 12.1 Å². The summed E-state index contributed by atoms with van der Waals surface area (Å²) in [5.74, 6) is -1.81. The van der Waals surface area contributed by atoms with E-state index < -0.39 is 11.9 Å². The van der Waals surface area contributed by atoms with Crippen LogP contribution >= 0.6 is 0 Å². The zero-order valence-electron chi connectivity index (χ0n) is 13.6. The highest BCUT2D eigenvalue weighted by Crippen LogP contribution is 2.31. The fraction of sp³-hybridized carbons (Fsp3) is 0.333. The Balaban J connectivity index is 0.000000224. The van der Waals surface area contributed by atoms with Crippen molar-refractivity contribution in [2.45, 2.75) is 18.8 Å². The van der Waals surface area contributed by atoms with Crippen LogP contribution in [0.2, 0.25) is 0 Å². The number of hydrogen-bond donors (Lipinski definition) is 3. The van der Waals surface area contributed by atoms with Gasteiger partial charge in [0.2, 0.25) is 0 Å². The largest absolute Gasteiger partial charge is 0.478 e. The van der Waals surface area contributed by atoms with E-state index in [2.05, 4.69) is 41.2 Å². The van der Waals surface area contributed by atoms with Gasteiger partial charge >= 0.3 is 11.9 Å². The van der Waals surface area contributed by atoms with Crippen molar-refractivity contribution in [3.63, 3.8) is 0 Å². The number of H-pyrrole nitrogens is 1. The summed E-state index contributed by atoms with van der Waals surface area (Å²) in [6.07, 6.45) is 5.81. The highest BCUT2D eigenvalue weighted by atomic mass is 16.4. The van der Waals surface area contributed by atoms with Crippen molar-refractivity contribution >= 4 is 22.8 Å². The average molecular weight is 330 g/mol. The molecule has 1 aliphatic heterocycles. The molecule has 0 amide bonds. The van der Waals surface area contributed by atoms with Crippen molar-refractivity contribution < 1.29 is 19.8 Å². The van der Waals surface area contributed by atoms with Crippen LogP contribution in [0.1, 0.15) is 24.3 Å². The van der Waals surface area contributed by atoms with Gasteiger partial charge in [0.25, 0.3) is 0 Å². The topological polar surface area (TPSA) is 93.6 Å².